The molecule has 1 heterocycles. The lowest BCUT2D eigenvalue weighted by Crippen LogP contribution is -2.34. The van der Waals surface area contributed by atoms with Gasteiger partial charge in [0.1, 0.15) is 5.82 Å². The number of nitrogens with zero attached hydrogens (tertiary/aromatic N) is 2. The molecule has 0 aromatic heterocycles. The number of hydrogen-bond donors (Lipinski definition) is 0. The standard InChI is InChI=1S/C14H17FN2/c1-3-12-6-4-10(2)17(12)14-7-5-11(9-16)8-13(14)15/h5,7-8,10,12H,3-4,6H2,1-2H3. The summed E-state index contributed by atoms with van der Waals surface area (Å²) in [6, 6.07) is 7.52. The Morgan fingerprint density at radius 3 is 2.82 bits per heavy atom. The molecule has 1 saturated heterocycles. The molecule has 3 heteroatoms. The van der Waals surface area contributed by atoms with Crippen molar-refractivity contribution in [3.05, 3.63) is 29.6 Å². The van der Waals surface area contributed by atoms with Crippen molar-refractivity contribution in [2.75, 3.05) is 4.90 Å². The lowest BCUT2D eigenvalue weighted by atomic mass is 10.1. The van der Waals surface area contributed by atoms with E-state index in [0.29, 0.717) is 23.3 Å². The van der Waals surface area contributed by atoms with Crippen LogP contribution in [0, 0.1) is 17.1 Å². The SMILES string of the molecule is CCC1CCC(C)N1c1ccc(C#N)cc1F. The van der Waals surface area contributed by atoms with E-state index in [1.807, 2.05) is 6.07 Å². The maximum atomic E-state index is 14.0. The number of rotatable bonds is 2. The van der Waals surface area contributed by atoms with Crippen LogP contribution < -0.4 is 4.90 Å². The first-order valence-electron chi connectivity index (χ1n) is 6.15. The van der Waals surface area contributed by atoms with Crippen LogP contribution in [0.5, 0.6) is 0 Å². The van der Waals surface area contributed by atoms with Gasteiger partial charge in [0, 0.05) is 12.1 Å². The minimum absolute atomic E-state index is 0.281. The van der Waals surface area contributed by atoms with Crippen molar-refractivity contribution in [3.63, 3.8) is 0 Å². The van der Waals surface area contributed by atoms with Crippen molar-refractivity contribution >= 4 is 5.69 Å². The van der Waals surface area contributed by atoms with Crippen LogP contribution in [-0.4, -0.2) is 12.1 Å². The van der Waals surface area contributed by atoms with E-state index in [2.05, 4.69) is 18.7 Å². The van der Waals surface area contributed by atoms with Gasteiger partial charge in [0.05, 0.1) is 17.3 Å². The van der Waals surface area contributed by atoms with E-state index in [0.717, 1.165) is 19.3 Å². The minimum Gasteiger partial charge on any atom is -0.363 e. The highest BCUT2D eigenvalue weighted by Gasteiger charge is 2.30. The van der Waals surface area contributed by atoms with Crippen LogP contribution in [0.4, 0.5) is 10.1 Å². The largest absolute Gasteiger partial charge is 0.363 e. The molecule has 1 aliphatic rings. The molecule has 17 heavy (non-hydrogen) atoms. The molecule has 0 aliphatic carbocycles. The van der Waals surface area contributed by atoms with Gasteiger partial charge in [0.15, 0.2) is 0 Å². The first-order chi connectivity index (χ1) is 8.17. The van der Waals surface area contributed by atoms with Crippen LogP contribution in [0.3, 0.4) is 0 Å². The summed E-state index contributed by atoms with van der Waals surface area (Å²) < 4.78 is 14.0. The van der Waals surface area contributed by atoms with E-state index in [1.54, 1.807) is 12.1 Å². The van der Waals surface area contributed by atoms with Crippen LogP contribution in [-0.2, 0) is 0 Å². The van der Waals surface area contributed by atoms with Crippen LogP contribution in [0.25, 0.3) is 0 Å². The van der Waals surface area contributed by atoms with Gasteiger partial charge in [-0.3, -0.25) is 0 Å². The van der Waals surface area contributed by atoms with E-state index in [9.17, 15) is 4.39 Å². The predicted octanol–water partition coefficient (Wildman–Crippen LogP) is 3.46. The van der Waals surface area contributed by atoms with Crippen molar-refractivity contribution in [1.82, 2.24) is 0 Å². The zero-order valence-electron chi connectivity index (χ0n) is 10.3. The zero-order chi connectivity index (χ0) is 12.4. The van der Waals surface area contributed by atoms with Gasteiger partial charge in [0.25, 0.3) is 0 Å². The molecule has 2 atom stereocenters. The molecule has 90 valence electrons. The molecule has 1 aromatic carbocycles. The molecule has 1 aliphatic heterocycles. The van der Waals surface area contributed by atoms with E-state index in [-0.39, 0.29) is 5.82 Å². The van der Waals surface area contributed by atoms with Gasteiger partial charge in [-0.15, -0.1) is 0 Å². The maximum absolute atomic E-state index is 14.0. The summed E-state index contributed by atoms with van der Waals surface area (Å²) in [4.78, 5) is 2.16. The summed E-state index contributed by atoms with van der Waals surface area (Å²) in [5, 5.41) is 8.74. The van der Waals surface area contributed by atoms with Crippen molar-refractivity contribution in [2.24, 2.45) is 0 Å². The third-order valence-electron chi connectivity index (χ3n) is 3.61. The molecule has 0 N–H and O–H groups in total. The Kier molecular flexibility index (Phi) is 3.33. The Balaban J connectivity index is 2.36. The van der Waals surface area contributed by atoms with Gasteiger partial charge in [0.2, 0.25) is 0 Å². The highest BCUT2D eigenvalue weighted by Crippen LogP contribution is 2.33. The molecule has 2 rings (SSSR count). The smallest absolute Gasteiger partial charge is 0.147 e. The molecule has 0 amide bonds. The van der Waals surface area contributed by atoms with Crippen LogP contribution in [0.15, 0.2) is 18.2 Å². The topological polar surface area (TPSA) is 27.0 Å². The second kappa shape index (κ2) is 4.75. The summed E-state index contributed by atoms with van der Waals surface area (Å²) in [5.41, 5.74) is 1.02. The molecule has 2 unspecified atom stereocenters. The normalized spacial score (nSPS) is 23.8. The minimum atomic E-state index is -0.281. The van der Waals surface area contributed by atoms with Gasteiger partial charge in [-0.05, 0) is 44.4 Å². The van der Waals surface area contributed by atoms with Crippen molar-refractivity contribution in [3.8, 4) is 6.07 Å². The molecule has 0 radical (unpaired) electrons. The van der Waals surface area contributed by atoms with Gasteiger partial charge >= 0.3 is 0 Å². The Labute approximate surface area is 102 Å². The number of halogens is 1. The first kappa shape index (κ1) is 11.9. The van der Waals surface area contributed by atoms with Crippen molar-refractivity contribution < 1.29 is 4.39 Å². The number of benzene rings is 1. The predicted molar refractivity (Wildman–Crippen MR) is 66.4 cm³/mol. The molecule has 0 saturated carbocycles. The Morgan fingerprint density at radius 1 is 1.47 bits per heavy atom. The Morgan fingerprint density at radius 2 is 2.24 bits per heavy atom. The average molecular weight is 232 g/mol. The average Bonchev–Trinajstić information content (AvgIpc) is 2.70. The summed E-state index contributed by atoms with van der Waals surface area (Å²) in [6.45, 7) is 4.27. The third-order valence-corrected chi connectivity index (χ3v) is 3.61. The van der Waals surface area contributed by atoms with Gasteiger partial charge in [-0.1, -0.05) is 6.92 Å². The molecule has 2 nitrogen and oxygen atoms in total. The van der Waals surface area contributed by atoms with Gasteiger partial charge < -0.3 is 4.90 Å². The summed E-state index contributed by atoms with van der Waals surface area (Å²) in [6.07, 6.45) is 3.26. The van der Waals surface area contributed by atoms with Crippen molar-refractivity contribution in [2.45, 2.75) is 45.2 Å². The summed E-state index contributed by atoms with van der Waals surface area (Å²) in [7, 11) is 0. The fourth-order valence-corrected chi connectivity index (χ4v) is 2.69. The monoisotopic (exact) mass is 232 g/mol. The van der Waals surface area contributed by atoms with Crippen LogP contribution in [0.2, 0.25) is 0 Å². The summed E-state index contributed by atoms with van der Waals surface area (Å²) >= 11 is 0. The van der Waals surface area contributed by atoms with E-state index in [1.165, 1.54) is 6.07 Å². The van der Waals surface area contributed by atoms with Crippen LogP contribution in [0.1, 0.15) is 38.7 Å². The Hall–Kier alpha value is -1.56. The molecule has 0 spiro atoms. The molecule has 1 aromatic rings. The lowest BCUT2D eigenvalue weighted by molar-refractivity contribution is 0.582. The van der Waals surface area contributed by atoms with E-state index < -0.39 is 0 Å². The highest BCUT2D eigenvalue weighted by atomic mass is 19.1. The molecule has 1 fully saturated rings. The molecular formula is C14H17FN2. The number of anilines is 1. The van der Waals surface area contributed by atoms with E-state index >= 15 is 0 Å². The molecular weight excluding hydrogens is 215 g/mol. The second-order valence-electron chi connectivity index (χ2n) is 4.67. The van der Waals surface area contributed by atoms with Gasteiger partial charge in [-0.25, -0.2) is 4.39 Å². The Bertz CT molecular complexity index is 450. The zero-order valence-corrected chi connectivity index (χ0v) is 10.3. The lowest BCUT2D eigenvalue weighted by Gasteiger charge is -2.30. The molecule has 0 bridgehead atoms. The fourth-order valence-electron chi connectivity index (χ4n) is 2.69. The quantitative estimate of drug-likeness (QED) is 0.780. The second-order valence-corrected chi connectivity index (χ2v) is 4.67. The fraction of sp³-hybridized carbons (Fsp3) is 0.500. The van der Waals surface area contributed by atoms with Crippen molar-refractivity contribution in [1.29, 1.82) is 5.26 Å². The first-order valence-corrected chi connectivity index (χ1v) is 6.15. The maximum Gasteiger partial charge on any atom is 0.147 e. The number of nitriles is 1. The van der Waals surface area contributed by atoms with Gasteiger partial charge in [-0.2, -0.15) is 5.26 Å². The third kappa shape index (κ3) is 2.12. The summed E-state index contributed by atoms with van der Waals surface area (Å²) in [5.74, 6) is -0.281. The number of hydrogen-bond acceptors (Lipinski definition) is 2. The highest BCUT2D eigenvalue weighted by molar-refractivity contribution is 5.53. The van der Waals surface area contributed by atoms with Crippen LogP contribution >= 0.6 is 0 Å². The van der Waals surface area contributed by atoms with E-state index in [4.69, 9.17) is 5.26 Å².